The molecule has 0 amide bonds. The summed E-state index contributed by atoms with van der Waals surface area (Å²) in [6.45, 7) is 0. The van der Waals surface area contributed by atoms with E-state index < -0.39 is 0 Å². The van der Waals surface area contributed by atoms with Crippen LogP contribution in [0.25, 0.3) is 10.8 Å². The van der Waals surface area contributed by atoms with Gasteiger partial charge in [-0.25, -0.2) is 0 Å². The third-order valence-electron chi connectivity index (χ3n) is 3.98. The molecule has 2 aromatic carbocycles. The van der Waals surface area contributed by atoms with Gasteiger partial charge in [0.1, 0.15) is 5.76 Å². The average molecular weight is 313 g/mol. The fourth-order valence-corrected chi connectivity index (χ4v) is 3.74. The van der Waals surface area contributed by atoms with Gasteiger partial charge in [-0.15, -0.1) is 0 Å². The molecule has 0 saturated heterocycles. The van der Waals surface area contributed by atoms with Gasteiger partial charge < -0.3 is 4.42 Å². The molecule has 1 aliphatic rings. The molecule has 4 rings (SSSR count). The Morgan fingerprint density at radius 2 is 1.79 bits per heavy atom. The lowest BCUT2D eigenvalue weighted by Crippen LogP contribution is -1.93. The van der Waals surface area contributed by atoms with E-state index in [1.165, 1.54) is 40.3 Å². The first kappa shape index (κ1) is 11.3. The zero-order valence-electron chi connectivity index (χ0n) is 10.4. The van der Waals surface area contributed by atoms with Crippen molar-refractivity contribution < 1.29 is 4.42 Å². The Bertz CT molecular complexity index is 733. The zero-order chi connectivity index (χ0) is 12.8. The number of halogens is 1. The molecule has 3 aromatic rings. The smallest absolute Gasteiger partial charge is 0.121 e. The van der Waals surface area contributed by atoms with Crippen molar-refractivity contribution in [3.8, 4) is 0 Å². The van der Waals surface area contributed by atoms with Crippen LogP contribution in [0.2, 0.25) is 0 Å². The van der Waals surface area contributed by atoms with Crippen LogP contribution in [0.15, 0.2) is 53.1 Å². The molecule has 1 unspecified atom stereocenters. The van der Waals surface area contributed by atoms with Crippen LogP contribution in [-0.2, 0) is 12.8 Å². The number of alkyl halides is 1. The van der Waals surface area contributed by atoms with E-state index in [0.29, 0.717) is 0 Å². The van der Waals surface area contributed by atoms with Gasteiger partial charge >= 0.3 is 0 Å². The number of hydrogen-bond acceptors (Lipinski definition) is 1. The second-order valence-corrected chi connectivity index (χ2v) is 5.95. The summed E-state index contributed by atoms with van der Waals surface area (Å²) in [5.74, 6) is 0.957. The molecule has 1 nitrogen and oxygen atoms in total. The van der Waals surface area contributed by atoms with Crippen molar-refractivity contribution in [2.75, 3.05) is 0 Å². The van der Waals surface area contributed by atoms with Crippen molar-refractivity contribution in [1.29, 1.82) is 0 Å². The highest BCUT2D eigenvalue weighted by atomic mass is 79.9. The Morgan fingerprint density at radius 1 is 0.947 bits per heavy atom. The summed E-state index contributed by atoms with van der Waals surface area (Å²) in [6, 6.07) is 15.1. The van der Waals surface area contributed by atoms with Gasteiger partial charge in [0.2, 0.25) is 0 Å². The highest BCUT2D eigenvalue weighted by Gasteiger charge is 2.20. The van der Waals surface area contributed by atoms with Crippen LogP contribution < -0.4 is 0 Å². The molecular formula is C17H13BrO. The first-order valence-corrected chi connectivity index (χ1v) is 7.47. The fraction of sp³-hybridized carbons (Fsp3) is 0.176. The fourth-order valence-electron chi connectivity index (χ4n) is 3.08. The summed E-state index contributed by atoms with van der Waals surface area (Å²) in [4.78, 5) is 0.118. The van der Waals surface area contributed by atoms with Gasteiger partial charge in [-0.05, 0) is 52.4 Å². The van der Waals surface area contributed by atoms with Gasteiger partial charge in [0.05, 0.1) is 11.1 Å². The highest BCUT2D eigenvalue weighted by Crippen LogP contribution is 2.39. The van der Waals surface area contributed by atoms with Crippen LogP contribution in [0.3, 0.4) is 0 Å². The van der Waals surface area contributed by atoms with E-state index in [-0.39, 0.29) is 4.83 Å². The molecule has 2 heteroatoms. The Kier molecular flexibility index (Phi) is 2.52. The van der Waals surface area contributed by atoms with Crippen LogP contribution in [0.5, 0.6) is 0 Å². The second-order valence-electron chi connectivity index (χ2n) is 5.03. The zero-order valence-corrected chi connectivity index (χ0v) is 12.0. The van der Waals surface area contributed by atoms with E-state index in [1.54, 1.807) is 6.26 Å². The standard InChI is InChI=1S/C17H13BrO/c18-17(15-5-2-10-19-15)14-9-8-12-7-6-11-3-1-4-13(14)16(11)12/h1-5,8-10,17H,6-7H2. The molecule has 0 fully saturated rings. The molecule has 94 valence electrons. The molecule has 0 saturated carbocycles. The predicted octanol–water partition coefficient (Wildman–Crippen LogP) is 5.02. The second kappa shape index (κ2) is 4.24. The average Bonchev–Trinajstić information content (AvgIpc) is 3.09. The summed E-state index contributed by atoms with van der Waals surface area (Å²) in [5, 5.41) is 2.81. The highest BCUT2D eigenvalue weighted by molar-refractivity contribution is 9.09. The molecule has 1 atom stereocenters. The molecule has 1 aromatic heterocycles. The summed E-state index contributed by atoms with van der Waals surface area (Å²) in [6.07, 6.45) is 4.07. The van der Waals surface area contributed by atoms with E-state index in [4.69, 9.17) is 4.42 Å². The number of furan rings is 1. The largest absolute Gasteiger partial charge is 0.468 e. The first-order valence-electron chi connectivity index (χ1n) is 6.55. The van der Waals surface area contributed by atoms with Crippen LogP contribution in [0, 0.1) is 0 Å². The van der Waals surface area contributed by atoms with Crippen LogP contribution in [0.4, 0.5) is 0 Å². The van der Waals surface area contributed by atoms with Crippen molar-refractivity contribution in [1.82, 2.24) is 0 Å². The van der Waals surface area contributed by atoms with E-state index in [1.807, 2.05) is 12.1 Å². The van der Waals surface area contributed by atoms with Gasteiger partial charge in [0, 0.05) is 0 Å². The van der Waals surface area contributed by atoms with Crippen molar-refractivity contribution in [2.45, 2.75) is 17.7 Å². The summed E-state index contributed by atoms with van der Waals surface area (Å²) < 4.78 is 5.53. The SMILES string of the molecule is BrC(c1ccco1)c1ccc2c3c(cccc13)CC2. The Morgan fingerprint density at radius 3 is 2.58 bits per heavy atom. The molecule has 1 aliphatic carbocycles. The minimum absolute atomic E-state index is 0.118. The molecule has 0 aliphatic heterocycles. The lowest BCUT2D eigenvalue weighted by atomic mass is 9.97. The third-order valence-corrected chi connectivity index (χ3v) is 4.92. The summed E-state index contributed by atoms with van der Waals surface area (Å²) >= 11 is 3.77. The minimum atomic E-state index is 0.118. The molecule has 0 radical (unpaired) electrons. The van der Waals surface area contributed by atoms with Gasteiger partial charge in [0.25, 0.3) is 0 Å². The Hall–Kier alpha value is -1.54. The molecule has 0 spiro atoms. The number of aryl methyl sites for hydroxylation is 2. The number of benzene rings is 2. The molecule has 0 N–H and O–H groups in total. The molecule has 19 heavy (non-hydrogen) atoms. The maximum absolute atomic E-state index is 5.53. The Balaban J connectivity index is 1.97. The van der Waals surface area contributed by atoms with E-state index >= 15 is 0 Å². The van der Waals surface area contributed by atoms with Crippen molar-refractivity contribution >= 4 is 26.7 Å². The quantitative estimate of drug-likeness (QED) is 0.606. The maximum Gasteiger partial charge on any atom is 0.121 e. The van der Waals surface area contributed by atoms with Gasteiger partial charge in [-0.2, -0.15) is 0 Å². The van der Waals surface area contributed by atoms with Crippen LogP contribution in [0.1, 0.15) is 27.3 Å². The first-order chi connectivity index (χ1) is 9.34. The monoisotopic (exact) mass is 312 g/mol. The van der Waals surface area contributed by atoms with E-state index in [2.05, 4.69) is 46.3 Å². The van der Waals surface area contributed by atoms with E-state index in [0.717, 1.165) is 5.76 Å². The van der Waals surface area contributed by atoms with Gasteiger partial charge in [0.15, 0.2) is 0 Å². The van der Waals surface area contributed by atoms with Gasteiger partial charge in [-0.3, -0.25) is 0 Å². The van der Waals surface area contributed by atoms with E-state index in [9.17, 15) is 0 Å². The maximum atomic E-state index is 5.53. The number of rotatable bonds is 2. The summed E-state index contributed by atoms with van der Waals surface area (Å²) in [7, 11) is 0. The molecule has 1 heterocycles. The van der Waals surface area contributed by atoms with Crippen molar-refractivity contribution in [3.05, 3.63) is 71.2 Å². The van der Waals surface area contributed by atoms with Crippen LogP contribution in [-0.4, -0.2) is 0 Å². The topological polar surface area (TPSA) is 13.1 Å². The van der Waals surface area contributed by atoms with Crippen molar-refractivity contribution in [2.24, 2.45) is 0 Å². The van der Waals surface area contributed by atoms with Crippen LogP contribution >= 0.6 is 15.9 Å². The van der Waals surface area contributed by atoms with Crippen molar-refractivity contribution in [3.63, 3.8) is 0 Å². The third kappa shape index (κ3) is 1.67. The Labute approximate surface area is 120 Å². The minimum Gasteiger partial charge on any atom is -0.468 e. The summed E-state index contributed by atoms with van der Waals surface area (Å²) in [5.41, 5.74) is 4.25. The number of hydrogen-bond donors (Lipinski definition) is 0. The van der Waals surface area contributed by atoms with Gasteiger partial charge in [-0.1, -0.05) is 46.3 Å². The predicted molar refractivity (Wildman–Crippen MR) is 80.8 cm³/mol. The molecular weight excluding hydrogens is 300 g/mol. The normalized spacial score (nSPS) is 15.0. The molecule has 0 bridgehead atoms. The lowest BCUT2D eigenvalue weighted by molar-refractivity contribution is 0.520. The lowest BCUT2D eigenvalue weighted by Gasteiger charge is -2.12.